The minimum Gasteiger partial charge on any atom is -0.381 e. The van der Waals surface area contributed by atoms with Crippen LogP contribution in [0.2, 0.25) is 0 Å². The van der Waals surface area contributed by atoms with Crippen LogP contribution in [0.5, 0.6) is 0 Å². The molecule has 2 aliphatic rings. The van der Waals surface area contributed by atoms with Crippen LogP contribution in [-0.2, 0) is 14.3 Å². The number of nitrogens with zero attached hydrogens (tertiary/aromatic N) is 2. The molecule has 0 bridgehead atoms. The zero-order valence-corrected chi connectivity index (χ0v) is 13.5. The number of hydrogen-bond donors (Lipinski definition) is 1. The molecule has 0 aromatic rings. The Morgan fingerprint density at radius 3 is 1.86 bits per heavy atom. The molecule has 0 aliphatic heterocycles. The van der Waals surface area contributed by atoms with Crippen LogP contribution >= 0.6 is 0 Å². The first-order valence-corrected chi connectivity index (χ1v) is 7.49. The number of aliphatic hydroxyl groups is 1. The van der Waals surface area contributed by atoms with E-state index in [4.69, 9.17) is 20.0 Å². The van der Waals surface area contributed by atoms with Crippen LogP contribution in [0.25, 0.3) is 0 Å². The molecule has 1 N–H and O–H groups in total. The summed E-state index contributed by atoms with van der Waals surface area (Å²) in [6.07, 6.45) is 6.55. The number of methoxy groups -OCH3 is 2. The fourth-order valence-electron chi connectivity index (χ4n) is 2.57. The Balaban J connectivity index is 0.000000366. The van der Waals surface area contributed by atoms with Gasteiger partial charge in [-0.3, -0.25) is 4.79 Å². The average Bonchev–Trinajstić information content (AvgIpc) is 2.59. The molecule has 0 aromatic carbocycles. The monoisotopic (exact) mass is 310 g/mol. The Hall–Kier alpha value is -1.47. The summed E-state index contributed by atoms with van der Waals surface area (Å²) >= 11 is 0. The molecule has 0 unspecified atom stereocenters. The summed E-state index contributed by atoms with van der Waals surface area (Å²) in [5.74, 6) is 0.392. The molecule has 2 fully saturated rings. The Morgan fingerprint density at radius 2 is 1.50 bits per heavy atom. The minimum atomic E-state index is -1.07. The standard InChI is InChI=1S/C8H13NO2.C7H12O2.CHN/c1-11-7-2-4-8(10,6-9)5-3-7;1-9-7-4-2-6(8)3-5-7;1-2/h7,10H,2-5H2,1H3;7H,2-5H2,1H3;1H. The molecule has 2 saturated carbocycles. The van der Waals surface area contributed by atoms with Gasteiger partial charge in [-0.05, 0) is 38.5 Å². The van der Waals surface area contributed by atoms with Crippen LogP contribution < -0.4 is 0 Å². The summed E-state index contributed by atoms with van der Waals surface area (Å²) in [4.78, 5) is 10.7. The third kappa shape index (κ3) is 7.51. The van der Waals surface area contributed by atoms with Crippen molar-refractivity contribution in [2.75, 3.05) is 14.2 Å². The zero-order valence-electron chi connectivity index (χ0n) is 13.5. The lowest BCUT2D eigenvalue weighted by atomic mass is 9.84. The first kappa shape index (κ1) is 20.5. The van der Waals surface area contributed by atoms with Crippen molar-refractivity contribution in [3.8, 4) is 12.6 Å². The second-order valence-corrected chi connectivity index (χ2v) is 5.55. The average molecular weight is 310 g/mol. The van der Waals surface area contributed by atoms with Crippen molar-refractivity contribution >= 4 is 5.78 Å². The largest absolute Gasteiger partial charge is 0.381 e. The summed E-state index contributed by atoms with van der Waals surface area (Å²) in [7, 11) is 3.38. The van der Waals surface area contributed by atoms with E-state index in [0.717, 1.165) is 38.5 Å². The molecule has 0 radical (unpaired) electrons. The van der Waals surface area contributed by atoms with Crippen molar-refractivity contribution in [2.45, 2.75) is 69.2 Å². The van der Waals surface area contributed by atoms with E-state index in [0.29, 0.717) is 24.7 Å². The number of ketones is 1. The van der Waals surface area contributed by atoms with Gasteiger partial charge in [0.15, 0.2) is 5.60 Å². The van der Waals surface area contributed by atoms with Gasteiger partial charge >= 0.3 is 0 Å². The molecule has 0 saturated heterocycles. The number of Topliss-reactive ketones (excluding diaryl/α,β-unsaturated/α-hetero) is 1. The van der Waals surface area contributed by atoms with Crippen LogP contribution in [-0.4, -0.2) is 42.9 Å². The van der Waals surface area contributed by atoms with Crippen molar-refractivity contribution < 1.29 is 19.4 Å². The van der Waals surface area contributed by atoms with E-state index >= 15 is 0 Å². The van der Waals surface area contributed by atoms with Gasteiger partial charge in [0.1, 0.15) is 5.78 Å². The quantitative estimate of drug-likeness (QED) is 0.783. The van der Waals surface area contributed by atoms with Crippen molar-refractivity contribution in [1.29, 1.82) is 10.5 Å². The van der Waals surface area contributed by atoms with E-state index in [1.54, 1.807) is 14.2 Å². The summed E-state index contributed by atoms with van der Waals surface area (Å²) in [6.45, 7) is 3.50. The predicted molar refractivity (Wildman–Crippen MR) is 80.8 cm³/mol. The molecule has 22 heavy (non-hydrogen) atoms. The van der Waals surface area contributed by atoms with Gasteiger partial charge in [-0.2, -0.15) is 5.26 Å². The summed E-state index contributed by atoms with van der Waals surface area (Å²) in [5.41, 5.74) is -1.07. The van der Waals surface area contributed by atoms with Gasteiger partial charge in [-0.25, -0.2) is 5.26 Å². The normalized spacial score (nSPS) is 28.4. The van der Waals surface area contributed by atoms with Gasteiger partial charge in [0, 0.05) is 33.6 Å². The van der Waals surface area contributed by atoms with Crippen LogP contribution in [0.4, 0.5) is 0 Å². The van der Waals surface area contributed by atoms with Gasteiger partial charge in [0.25, 0.3) is 0 Å². The third-order valence-electron chi connectivity index (χ3n) is 4.12. The molecule has 6 nitrogen and oxygen atoms in total. The Kier molecular flexibility index (Phi) is 10.4. The lowest BCUT2D eigenvalue weighted by molar-refractivity contribution is -0.122. The summed E-state index contributed by atoms with van der Waals surface area (Å²) in [6, 6.07) is 1.92. The molecule has 0 atom stereocenters. The van der Waals surface area contributed by atoms with E-state index in [1.807, 2.05) is 6.07 Å². The summed E-state index contributed by atoms with van der Waals surface area (Å²) in [5, 5.41) is 24.5. The number of nitriles is 2. The van der Waals surface area contributed by atoms with Crippen LogP contribution in [0.15, 0.2) is 0 Å². The Labute approximate surface area is 132 Å². The number of carbonyl (C=O) groups excluding carboxylic acids is 1. The van der Waals surface area contributed by atoms with E-state index in [1.165, 1.54) is 0 Å². The lowest BCUT2D eigenvalue weighted by Crippen LogP contribution is -2.34. The van der Waals surface area contributed by atoms with Gasteiger partial charge in [-0.1, -0.05) is 0 Å². The van der Waals surface area contributed by atoms with Crippen molar-refractivity contribution in [3.63, 3.8) is 0 Å². The van der Waals surface area contributed by atoms with Gasteiger partial charge < -0.3 is 14.6 Å². The van der Waals surface area contributed by atoms with Crippen LogP contribution in [0.1, 0.15) is 51.4 Å². The Morgan fingerprint density at radius 1 is 1.09 bits per heavy atom. The highest BCUT2D eigenvalue weighted by Crippen LogP contribution is 2.28. The first-order chi connectivity index (χ1) is 10.5. The second-order valence-electron chi connectivity index (χ2n) is 5.55. The van der Waals surface area contributed by atoms with Gasteiger partial charge in [-0.15, -0.1) is 0 Å². The molecule has 124 valence electrons. The van der Waals surface area contributed by atoms with Gasteiger partial charge in [0.05, 0.1) is 18.3 Å². The fourth-order valence-corrected chi connectivity index (χ4v) is 2.57. The molecule has 2 aliphatic carbocycles. The number of rotatable bonds is 2. The second kappa shape index (κ2) is 11.1. The molecule has 0 aromatic heterocycles. The van der Waals surface area contributed by atoms with E-state index in [9.17, 15) is 9.90 Å². The molecular weight excluding hydrogens is 284 g/mol. The molecular formula is C16H26N2O4. The van der Waals surface area contributed by atoms with Crippen molar-refractivity contribution in [1.82, 2.24) is 0 Å². The lowest BCUT2D eigenvalue weighted by Gasteiger charge is -2.29. The van der Waals surface area contributed by atoms with Gasteiger partial charge in [0.2, 0.25) is 0 Å². The molecule has 0 spiro atoms. The van der Waals surface area contributed by atoms with Crippen LogP contribution in [0.3, 0.4) is 0 Å². The maximum atomic E-state index is 10.7. The number of carbonyl (C=O) groups is 1. The molecule has 2 rings (SSSR count). The number of ether oxygens (including phenoxy) is 2. The Bertz CT molecular complexity index is 371. The highest BCUT2D eigenvalue weighted by Gasteiger charge is 2.32. The molecule has 6 heteroatoms. The van der Waals surface area contributed by atoms with Crippen molar-refractivity contribution in [3.05, 3.63) is 0 Å². The minimum absolute atomic E-state index is 0.239. The van der Waals surface area contributed by atoms with E-state index < -0.39 is 5.60 Å². The summed E-state index contributed by atoms with van der Waals surface area (Å²) < 4.78 is 10.2. The first-order valence-electron chi connectivity index (χ1n) is 7.49. The SMILES string of the molecule is C#N.COC1CCC(=O)CC1.COC1CCC(O)(C#N)CC1. The van der Waals surface area contributed by atoms with Crippen molar-refractivity contribution in [2.24, 2.45) is 0 Å². The predicted octanol–water partition coefficient (Wildman–Crippen LogP) is 2.11. The maximum absolute atomic E-state index is 10.7. The smallest absolute Gasteiger partial charge is 0.151 e. The zero-order chi connectivity index (χ0) is 17.0. The maximum Gasteiger partial charge on any atom is 0.151 e. The highest BCUT2D eigenvalue weighted by molar-refractivity contribution is 5.79. The number of hydrogen-bond acceptors (Lipinski definition) is 6. The molecule has 0 heterocycles. The van der Waals surface area contributed by atoms with Crippen LogP contribution in [0, 0.1) is 23.2 Å². The third-order valence-corrected chi connectivity index (χ3v) is 4.12. The van der Waals surface area contributed by atoms with E-state index in [-0.39, 0.29) is 6.10 Å². The van der Waals surface area contributed by atoms with E-state index in [2.05, 4.69) is 6.57 Å². The topological polar surface area (TPSA) is 103 Å². The highest BCUT2D eigenvalue weighted by atomic mass is 16.5. The fraction of sp³-hybridized carbons (Fsp3) is 0.812. The molecule has 0 amide bonds.